The molecule has 1 heterocycles. The van der Waals surface area contributed by atoms with Crippen LogP contribution in [0, 0.1) is 31.6 Å². The number of hydrogen-bond acceptors (Lipinski definition) is 9. The quantitative estimate of drug-likeness (QED) is 0.0471. The van der Waals surface area contributed by atoms with Gasteiger partial charge in [0.1, 0.15) is 29.9 Å². The molecule has 63 heavy (non-hydrogen) atoms. The number of allylic oxidation sites excluding steroid dienone is 1. The van der Waals surface area contributed by atoms with Gasteiger partial charge in [0.25, 0.3) is 0 Å². The molecule has 10 heteroatoms. The zero-order valence-corrected chi connectivity index (χ0v) is 39.4. The monoisotopic (exact) mass is 873 g/mol. The Morgan fingerprint density at radius 1 is 0.857 bits per heavy atom. The third-order valence-electron chi connectivity index (χ3n) is 13.5. The maximum absolute atomic E-state index is 14.5. The van der Waals surface area contributed by atoms with Crippen molar-refractivity contribution in [3.8, 4) is 17.2 Å². The fourth-order valence-electron chi connectivity index (χ4n) is 10.2. The molecule has 0 saturated heterocycles. The number of unbranched alkanes of at least 4 members (excludes halogenated alkanes) is 11. The maximum Gasteiger partial charge on any atom is 0.410 e. The number of amides is 1. The molecule has 0 aromatic heterocycles. The molecule has 5 rings (SSSR count). The Kier molecular flexibility index (Phi) is 20.8. The van der Waals surface area contributed by atoms with Crippen LogP contribution in [-0.4, -0.2) is 78.3 Å². The second-order valence-corrected chi connectivity index (χ2v) is 18.0. The minimum Gasteiger partial charge on any atom is -0.459 e. The molecule has 6 unspecified atom stereocenters. The number of aliphatic hydroxyl groups is 2. The summed E-state index contributed by atoms with van der Waals surface area (Å²) in [7, 11) is 0. The standard InChI is InChI=1S/C53H80N2O8/c1-7-11-12-13-14-15-16-17-18-23-34-59-52(58)55(30-8-2)49-38-47(54-61-10-4)45-36-41(24-19-21-31-56)44(25-20-22-32-57)50-46-37-43(62-42-27-26-39(5)40(6)35-42)28-29-48(46)63-53(49,51(45)50)60-33-9-3/h9,26-29,35-37,41,44,49-51,56-57H,3,7-8,10-25,30-34,38H2,1-2,4-6H3. The van der Waals surface area contributed by atoms with Crippen molar-refractivity contribution in [1.29, 1.82) is 0 Å². The summed E-state index contributed by atoms with van der Waals surface area (Å²) in [5, 5.41) is 24.7. The van der Waals surface area contributed by atoms with Gasteiger partial charge in [-0.3, -0.25) is 4.90 Å². The molecule has 1 amide bonds. The van der Waals surface area contributed by atoms with E-state index in [1.807, 2.05) is 30.0 Å². The minimum atomic E-state index is -1.32. The molecule has 1 aliphatic heterocycles. The average Bonchev–Trinajstić information content (AvgIpc) is 3.28. The van der Waals surface area contributed by atoms with E-state index in [-0.39, 0.29) is 49.6 Å². The van der Waals surface area contributed by atoms with Gasteiger partial charge in [0.05, 0.1) is 24.8 Å². The van der Waals surface area contributed by atoms with Gasteiger partial charge in [-0.05, 0) is 118 Å². The van der Waals surface area contributed by atoms with Crippen molar-refractivity contribution in [1.82, 2.24) is 4.90 Å². The van der Waals surface area contributed by atoms with E-state index < -0.39 is 11.8 Å². The lowest BCUT2D eigenvalue weighted by atomic mass is 9.55. The fourth-order valence-corrected chi connectivity index (χ4v) is 10.2. The smallest absolute Gasteiger partial charge is 0.410 e. The number of carbonyl (C=O) groups excluding carboxylic acids is 1. The molecule has 2 aromatic rings. The summed E-state index contributed by atoms with van der Waals surface area (Å²) in [5.41, 5.74) is 5.18. The topological polar surface area (TPSA) is 119 Å². The molecule has 2 N–H and O–H groups in total. The van der Waals surface area contributed by atoms with Crippen LogP contribution in [0.25, 0.3) is 0 Å². The van der Waals surface area contributed by atoms with Gasteiger partial charge in [-0.25, -0.2) is 4.79 Å². The number of aryl methyl sites for hydroxylation is 2. The zero-order chi connectivity index (χ0) is 45.0. The first-order valence-corrected chi connectivity index (χ1v) is 24.7. The number of nitrogens with zero attached hydrogens (tertiary/aromatic N) is 2. The van der Waals surface area contributed by atoms with Crippen molar-refractivity contribution < 1.29 is 38.8 Å². The number of ether oxygens (including phenoxy) is 4. The highest BCUT2D eigenvalue weighted by Gasteiger charge is 2.65. The highest BCUT2D eigenvalue weighted by Crippen LogP contribution is 2.62. The first-order chi connectivity index (χ1) is 30.8. The molecule has 0 radical (unpaired) electrons. The lowest BCUT2D eigenvalue weighted by Gasteiger charge is -2.59. The first kappa shape index (κ1) is 50.1. The third kappa shape index (κ3) is 13.1. The van der Waals surface area contributed by atoms with Crippen LogP contribution in [0.5, 0.6) is 17.2 Å². The Bertz CT molecular complexity index is 1780. The summed E-state index contributed by atoms with van der Waals surface area (Å²) < 4.78 is 27.2. The number of benzene rings is 2. The first-order valence-electron chi connectivity index (χ1n) is 24.7. The minimum absolute atomic E-state index is 0.116. The lowest BCUT2D eigenvalue weighted by Crippen LogP contribution is -2.70. The molecule has 0 spiro atoms. The molecule has 1 saturated carbocycles. The summed E-state index contributed by atoms with van der Waals surface area (Å²) in [6.45, 7) is 16.2. The summed E-state index contributed by atoms with van der Waals surface area (Å²) >= 11 is 0. The van der Waals surface area contributed by atoms with Gasteiger partial charge in [0.15, 0.2) is 0 Å². The van der Waals surface area contributed by atoms with E-state index in [1.165, 1.54) is 50.5 Å². The Labute approximate surface area is 379 Å². The second-order valence-electron chi connectivity index (χ2n) is 18.0. The number of oxime groups is 1. The van der Waals surface area contributed by atoms with Crippen molar-refractivity contribution in [3.63, 3.8) is 0 Å². The molecular formula is C53H80N2O8. The van der Waals surface area contributed by atoms with Crippen LogP contribution in [0.15, 0.2) is 65.9 Å². The molecule has 350 valence electrons. The maximum atomic E-state index is 14.5. The van der Waals surface area contributed by atoms with Crippen LogP contribution in [0.2, 0.25) is 0 Å². The van der Waals surface area contributed by atoms with Crippen molar-refractivity contribution >= 4 is 11.8 Å². The summed E-state index contributed by atoms with van der Waals surface area (Å²) in [4.78, 5) is 22.3. The van der Waals surface area contributed by atoms with Gasteiger partial charge >= 0.3 is 6.09 Å². The normalized spacial score (nSPS) is 23.0. The van der Waals surface area contributed by atoms with E-state index in [0.29, 0.717) is 56.9 Å². The molecule has 3 aliphatic rings. The van der Waals surface area contributed by atoms with Crippen molar-refractivity contribution in [2.45, 2.75) is 168 Å². The fraction of sp³-hybridized carbons (Fsp3) is 0.660. The number of aliphatic hydroxyl groups excluding tert-OH is 2. The molecule has 1 fully saturated rings. The van der Waals surface area contributed by atoms with Gasteiger partial charge in [0.2, 0.25) is 5.79 Å². The molecule has 2 aromatic carbocycles. The SMILES string of the molecule is C=CCOC12Oc3ccc(Oc4ccc(C)c(C)c4)cc3C3C(CCCCO)C(CCCCO)C=C(C(=NOCC)CC1N(CCC)C(=O)OCCCCCCCCCCCC)C32. The zero-order valence-electron chi connectivity index (χ0n) is 39.4. The third-order valence-corrected chi connectivity index (χ3v) is 13.5. The predicted molar refractivity (Wildman–Crippen MR) is 253 cm³/mol. The molecule has 10 nitrogen and oxygen atoms in total. The van der Waals surface area contributed by atoms with Gasteiger partial charge in [-0.2, -0.15) is 0 Å². The molecule has 0 bridgehead atoms. The van der Waals surface area contributed by atoms with Crippen molar-refractivity contribution in [2.24, 2.45) is 22.9 Å². The van der Waals surface area contributed by atoms with Crippen LogP contribution >= 0.6 is 0 Å². The van der Waals surface area contributed by atoms with Crippen LogP contribution in [0.3, 0.4) is 0 Å². The Balaban J connectivity index is 1.57. The molecule has 2 aliphatic carbocycles. The van der Waals surface area contributed by atoms with Crippen LogP contribution in [-0.2, 0) is 14.3 Å². The second kappa shape index (κ2) is 26.2. The Hall–Kier alpha value is -3.86. The van der Waals surface area contributed by atoms with Crippen LogP contribution in [0.1, 0.15) is 159 Å². The van der Waals surface area contributed by atoms with Gasteiger partial charge in [0, 0.05) is 37.7 Å². The van der Waals surface area contributed by atoms with Gasteiger partial charge < -0.3 is 34.0 Å². The number of rotatable bonds is 29. The van der Waals surface area contributed by atoms with E-state index in [2.05, 4.69) is 58.5 Å². The van der Waals surface area contributed by atoms with Gasteiger partial charge in [-0.1, -0.05) is 108 Å². The van der Waals surface area contributed by atoms with E-state index in [1.54, 1.807) is 6.08 Å². The molecule has 6 atom stereocenters. The number of fused-ring (bicyclic) bond motifs is 2. The summed E-state index contributed by atoms with van der Waals surface area (Å²) in [5.74, 6) is 0.574. The Morgan fingerprint density at radius 2 is 1.54 bits per heavy atom. The lowest BCUT2D eigenvalue weighted by molar-refractivity contribution is -0.255. The largest absolute Gasteiger partial charge is 0.459 e. The number of hydrogen-bond donors (Lipinski definition) is 2. The highest BCUT2D eigenvalue weighted by molar-refractivity contribution is 6.03. The van der Waals surface area contributed by atoms with Crippen LogP contribution < -0.4 is 9.47 Å². The summed E-state index contributed by atoms with van der Waals surface area (Å²) in [6.07, 6.45) is 21.7. The average molecular weight is 873 g/mol. The van der Waals surface area contributed by atoms with Gasteiger partial charge in [-0.15, -0.1) is 6.58 Å². The van der Waals surface area contributed by atoms with Crippen molar-refractivity contribution in [2.75, 3.05) is 39.6 Å². The van der Waals surface area contributed by atoms with E-state index in [9.17, 15) is 15.0 Å². The van der Waals surface area contributed by atoms with E-state index in [4.69, 9.17) is 28.9 Å². The highest BCUT2D eigenvalue weighted by atomic mass is 16.7. The number of carbonyl (C=O) groups is 1. The van der Waals surface area contributed by atoms with E-state index in [0.717, 1.165) is 73.1 Å². The van der Waals surface area contributed by atoms with E-state index >= 15 is 0 Å². The van der Waals surface area contributed by atoms with Crippen molar-refractivity contribution in [3.05, 3.63) is 77.4 Å². The molecular weight excluding hydrogens is 793 g/mol. The Morgan fingerprint density at radius 3 is 2.21 bits per heavy atom. The summed E-state index contributed by atoms with van der Waals surface area (Å²) in [6, 6.07) is 11.6. The predicted octanol–water partition coefficient (Wildman–Crippen LogP) is 12.5. The van der Waals surface area contributed by atoms with Crippen LogP contribution in [0.4, 0.5) is 4.79 Å².